The minimum Gasteiger partial charge on any atom is -0.494 e. The van der Waals surface area contributed by atoms with E-state index in [0.717, 1.165) is 13.0 Å². The van der Waals surface area contributed by atoms with E-state index in [-0.39, 0.29) is 11.9 Å². The van der Waals surface area contributed by atoms with Gasteiger partial charge in [0.15, 0.2) is 11.6 Å². The van der Waals surface area contributed by atoms with Crippen molar-refractivity contribution in [3.8, 4) is 5.75 Å². The van der Waals surface area contributed by atoms with E-state index in [1.54, 1.807) is 6.07 Å². The average Bonchev–Trinajstić information content (AvgIpc) is 2.36. The van der Waals surface area contributed by atoms with Crippen LogP contribution in [0, 0.1) is 11.7 Å². The molecule has 0 aromatic heterocycles. The number of ether oxygens (including phenoxy) is 1. The van der Waals surface area contributed by atoms with Gasteiger partial charge in [0.2, 0.25) is 0 Å². The Labute approximate surface area is 103 Å². The van der Waals surface area contributed by atoms with Gasteiger partial charge in [-0.2, -0.15) is 0 Å². The number of hydrogen-bond acceptors (Lipinski definition) is 2. The summed E-state index contributed by atoms with van der Waals surface area (Å²) in [6.07, 6.45) is 1.01. The van der Waals surface area contributed by atoms with E-state index in [0.29, 0.717) is 17.2 Å². The van der Waals surface area contributed by atoms with Gasteiger partial charge in [0.05, 0.1) is 7.11 Å². The average molecular weight is 239 g/mol. The number of rotatable bonds is 6. The van der Waals surface area contributed by atoms with E-state index in [9.17, 15) is 4.39 Å². The molecule has 0 saturated heterocycles. The topological polar surface area (TPSA) is 21.3 Å². The van der Waals surface area contributed by atoms with Crippen LogP contribution in [-0.4, -0.2) is 13.7 Å². The summed E-state index contributed by atoms with van der Waals surface area (Å²) in [4.78, 5) is 0. The van der Waals surface area contributed by atoms with Crippen LogP contribution in [0.5, 0.6) is 5.75 Å². The molecular weight excluding hydrogens is 217 g/mol. The SMILES string of the molecule is CCNC(c1cccc(OC)c1F)C(C)CC. The Morgan fingerprint density at radius 2 is 2.06 bits per heavy atom. The highest BCUT2D eigenvalue weighted by Gasteiger charge is 2.21. The highest BCUT2D eigenvalue weighted by Crippen LogP contribution is 2.30. The second-order valence-corrected chi connectivity index (χ2v) is 4.28. The Balaban J connectivity index is 3.09. The minimum absolute atomic E-state index is 0.0418. The first kappa shape index (κ1) is 14.0. The van der Waals surface area contributed by atoms with Crippen LogP contribution < -0.4 is 10.1 Å². The van der Waals surface area contributed by atoms with Crippen molar-refractivity contribution in [2.45, 2.75) is 33.2 Å². The minimum atomic E-state index is -0.249. The number of hydrogen-bond donors (Lipinski definition) is 1. The maximum absolute atomic E-state index is 14.2. The molecule has 1 N–H and O–H groups in total. The molecule has 17 heavy (non-hydrogen) atoms. The monoisotopic (exact) mass is 239 g/mol. The van der Waals surface area contributed by atoms with Gasteiger partial charge in [-0.05, 0) is 18.5 Å². The molecule has 0 heterocycles. The van der Waals surface area contributed by atoms with Gasteiger partial charge >= 0.3 is 0 Å². The van der Waals surface area contributed by atoms with Gasteiger partial charge in [-0.3, -0.25) is 0 Å². The van der Waals surface area contributed by atoms with Crippen molar-refractivity contribution in [2.24, 2.45) is 5.92 Å². The molecular formula is C14H22FNO. The quantitative estimate of drug-likeness (QED) is 0.820. The number of halogens is 1. The molecule has 0 radical (unpaired) electrons. The summed E-state index contributed by atoms with van der Waals surface area (Å²) in [5, 5.41) is 3.35. The van der Waals surface area contributed by atoms with Crippen molar-refractivity contribution >= 4 is 0 Å². The molecule has 0 aliphatic carbocycles. The predicted octanol–water partition coefficient (Wildman–Crippen LogP) is 3.53. The highest BCUT2D eigenvalue weighted by molar-refractivity contribution is 5.33. The third-order valence-corrected chi connectivity index (χ3v) is 3.19. The van der Waals surface area contributed by atoms with Crippen molar-refractivity contribution in [3.05, 3.63) is 29.6 Å². The van der Waals surface area contributed by atoms with Gasteiger partial charge in [0.25, 0.3) is 0 Å². The highest BCUT2D eigenvalue weighted by atomic mass is 19.1. The molecule has 0 amide bonds. The largest absolute Gasteiger partial charge is 0.494 e. The summed E-state index contributed by atoms with van der Waals surface area (Å²) in [7, 11) is 1.49. The Morgan fingerprint density at radius 3 is 2.59 bits per heavy atom. The van der Waals surface area contributed by atoms with Crippen LogP contribution in [0.15, 0.2) is 18.2 Å². The lowest BCUT2D eigenvalue weighted by molar-refractivity contribution is 0.352. The second-order valence-electron chi connectivity index (χ2n) is 4.28. The molecule has 1 aromatic carbocycles. The molecule has 0 fully saturated rings. The maximum atomic E-state index is 14.2. The van der Waals surface area contributed by atoms with Crippen molar-refractivity contribution in [2.75, 3.05) is 13.7 Å². The fourth-order valence-corrected chi connectivity index (χ4v) is 2.00. The zero-order valence-corrected chi connectivity index (χ0v) is 11.1. The van der Waals surface area contributed by atoms with Crippen LogP contribution in [0.1, 0.15) is 38.8 Å². The van der Waals surface area contributed by atoms with Gasteiger partial charge in [0.1, 0.15) is 0 Å². The lowest BCUT2D eigenvalue weighted by atomic mass is 9.92. The Kier molecular flexibility index (Phi) is 5.42. The van der Waals surface area contributed by atoms with Gasteiger partial charge < -0.3 is 10.1 Å². The third kappa shape index (κ3) is 3.19. The van der Waals surface area contributed by atoms with E-state index in [1.165, 1.54) is 7.11 Å². The number of nitrogens with one attached hydrogen (secondary N) is 1. The first-order valence-electron chi connectivity index (χ1n) is 6.21. The molecule has 1 rings (SSSR count). The van der Waals surface area contributed by atoms with E-state index in [2.05, 4.69) is 19.2 Å². The van der Waals surface area contributed by atoms with Gasteiger partial charge in [-0.25, -0.2) is 4.39 Å². The summed E-state index contributed by atoms with van der Waals surface area (Å²) >= 11 is 0. The standard InChI is InChI=1S/C14H22FNO/c1-5-10(3)14(16-6-2)11-8-7-9-12(17-4)13(11)15/h7-10,14,16H,5-6H2,1-4H3. The van der Waals surface area contributed by atoms with E-state index < -0.39 is 0 Å². The predicted molar refractivity (Wildman–Crippen MR) is 68.8 cm³/mol. The van der Waals surface area contributed by atoms with Gasteiger partial charge in [-0.1, -0.05) is 39.3 Å². The lowest BCUT2D eigenvalue weighted by Gasteiger charge is -2.25. The summed E-state index contributed by atoms with van der Waals surface area (Å²) < 4.78 is 19.2. The fraction of sp³-hybridized carbons (Fsp3) is 0.571. The molecule has 96 valence electrons. The molecule has 0 bridgehead atoms. The van der Waals surface area contributed by atoms with Crippen molar-refractivity contribution in [3.63, 3.8) is 0 Å². The fourth-order valence-electron chi connectivity index (χ4n) is 2.00. The van der Waals surface area contributed by atoms with Crippen molar-refractivity contribution in [1.82, 2.24) is 5.32 Å². The van der Waals surface area contributed by atoms with Gasteiger partial charge in [0, 0.05) is 11.6 Å². The third-order valence-electron chi connectivity index (χ3n) is 3.19. The molecule has 2 unspecified atom stereocenters. The number of benzene rings is 1. The molecule has 0 spiro atoms. The summed E-state index contributed by atoms with van der Waals surface area (Å²) in [6, 6.07) is 5.36. The zero-order valence-electron chi connectivity index (χ0n) is 11.1. The zero-order chi connectivity index (χ0) is 12.8. The van der Waals surface area contributed by atoms with E-state index >= 15 is 0 Å². The van der Waals surface area contributed by atoms with Crippen LogP contribution in [0.25, 0.3) is 0 Å². The molecule has 2 atom stereocenters. The Hall–Kier alpha value is -1.09. The van der Waals surface area contributed by atoms with E-state index in [1.807, 2.05) is 19.1 Å². The summed E-state index contributed by atoms with van der Waals surface area (Å²) in [5.41, 5.74) is 0.695. The Morgan fingerprint density at radius 1 is 1.35 bits per heavy atom. The number of methoxy groups -OCH3 is 1. The molecule has 3 heteroatoms. The smallest absolute Gasteiger partial charge is 0.169 e. The normalized spacial score (nSPS) is 14.4. The summed E-state index contributed by atoms with van der Waals surface area (Å²) in [5.74, 6) is 0.450. The van der Waals surface area contributed by atoms with E-state index in [4.69, 9.17) is 4.74 Å². The van der Waals surface area contributed by atoms with Crippen LogP contribution >= 0.6 is 0 Å². The van der Waals surface area contributed by atoms with Crippen LogP contribution in [0.2, 0.25) is 0 Å². The van der Waals surface area contributed by atoms with Crippen LogP contribution in [0.4, 0.5) is 4.39 Å². The van der Waals surface area contributed by atoms with Crippen molar-refractivity contribution < 1.29 is 9.13 Å². The first-order chi connectivity index (χ1) is 8.15. The molecule has 0 aliphatic heterocycles. The van der Waals surface area contributed by atoms with Gasteiger partial charge in [-0.15, -0.1) is 0 Å². The first-order valence-corrected chi connectivity index (χ1v) is 6.21. The van der Waals surface area contributed by atoms with Crippen LogP contribution in [0.3, 0.4) is 0 Å². The Bertz CT molecular complexity index is 354. The lowest BCUT2D eigenvalue weighted by Crippen LogP contribution is -2.27. The maximum Gasteiger partial charge on any atom is 0.169 e. The summed E-state index contributed by atoms with van der Waals surface area (Å²) in [6.45, 7) is 7.11. The van der Waals surface area contributed by atoms with Crippen molar-refractivity contribution in [1.29, 1.82) is 0 Å². The molecule has 0 aliphatic rings. The van der Waals surface area contributed by atoms with Crippen LogP contribution in [-0.2, 0) is 0 Å². The molecule has 1 aromatic rings. The molecule has 0 saturated carbocycles. The molecule has 2 nitrogen and oxygen atoms in total. The second kappa shape index (κ2) is 6.60.